The lowest BCUT2D eigenvalue weighted by atomic mass is 9.86. The molecule has 0 spiro atoms. The van der Waals surface area contributed by atoms with Crippen molar-refractivity contribution in [2.24, 2.45) is 5.92 Å². The first-order chi connectivity index (χ1) is 14.0. The monoisotopic (exact) mass is 387 g/mol. The Balaban J connectivity index is 1.68. The van der Waals surface area contributed by atoms with Gasteiger partial charge in [0.2, 0.25) is 0 Å². The minimum Gasteiger partial charge on any atom is -0.349 e. The van der Waals surface area contributed by atoms with Crippen LogP contribution in [0.25, 0.3) is 10.9 Å². The molecule has 1 saturated carbocycles. The lowest BCUT2D eigenvalue weighted by Crippen LogP contribution is -2.41. The number of hydrogen-bond acceptors (Lipinski definition) is 3. The predicted molar refractivity (Wildman–Crippen MR) is 120 cm³/mol. The van der Waals surface area contributed by atoms with Gasteiger partial charge in [0, 0.05) is 17.1 Å². The van der Waals surface area contributed by atoms with Gasteiger partial charge in [0.15, 0.2) is 0 Å². The number of benzene rings is 2. The number of pyridine rings is 1. The smallest absolute Gasteiger partial charge is 0.252 e. The largest absolute Gasteiger partial charge is 0.349 e. The third-order valence-corrected chi connectivity index (χ3v) is 6.03. The Kier molecular flexibility index (Phi) is 5.52. The van der Waals surface area contributed by atoms with Crippen LogP contribution in [0.5, 0.6) is 0 Å². The van der Waals surface area contributed by atoms with E-state index < -0.39 is 0 Å². The van der Waals surface area contributed by atoms with E-state index in [-0.39, 0.29) is 11.9 Å². The zero-order valence-electron chi connectivity index (χ0n) is 17.5. The number of rotatable bonds is 4. The fourth-order valence-electron chi connectivity index (χ4n) is 4.30. The highest BCUT2D eigenvalue weighted by atomic mass is 16.1. The standard InChI is InChI=1S/C25H29N3O/c1-16-12-13-22(18(3)14-16)26-24-15-20(19-9-5-7-11-23(19)27-24)25(29)28-21-10-6-4-8-17(21)2/h5,7,9,11-15,17,21H,4,6,8,10H2,1-3H3,(H,26,27)(H,28,29)/t17-,21+/m0/s1. The number of aromatic nitrogens is 1. The molecule has 0 unspecified atom stereocenters. The summed E-state index contributed by atoms with van der Waals surface area (Å²) in [5.74, 6) is 1.21. The van der Waals surface area contributed by atoms with Gasteiger partial charge in [-0.25, -0.2) is 4.98 Å². The lowest BCUT2D eigenvalue weighted by Gasteiger charge is -2.29. The predicted octanol–water partition coefficient (Wildman–Crippen LogP) is 5.90. The number of amides is 1. The maximum absolute atomic E-state index is 13.2. The van der Waals surface area contributed by atoms with E-state index in [0.29, 0.717) is 17.3 Å². The van der Waals surface area contributed by atoms with Gasteiger partial charge in [0.05, 0.1) is 11.1 Å². The SMILES string of the molecule is Cc1ccc(Nc2cc(C(=O)N[C@@H]3CCCC[C@@H]3C)c3ccccc3n2)c(C)c1. The van der Waals surface area contributed by atoms with Crippen LogP contribution in [0.1, 0.15) is 54.1 Å². The summed E-state index contributed by atoms with van der Waals surface area (Å²) in [6, 6.07) is 16.3. The second-order valence-electron chi connectivity index (χ2n) is 8.36. The molecule has 150 valence electrons. The third-order valence-electron chi connectivity index (χ3n) is 6.03. The van der Waals surface area contributed by atoms with Crippen molar-refractivity contribution >= 4 is 28.3 Å². The Morgan fingerprint density at radius 2 is 1.83 bits per heavy atom. The number of carbonyl (C=O) groups excluding carboxylic acids is 1. The molecule has 2 N–H and O–H groups in total. The molecule has 4 heteroatoms. The van der Waals surface area contributed by atoms with Crippen LogP contribution in [0.3, 0.4) is 0 Å². The number of aryl methyl sites for hydroxylation is 2. The molecule has 2 atom stereocenters. The first-order valence-corrected chi connectivity index (χ1v) is 10.6. The molecule has 1 aliphatic rings. The number of nitrogens with zero attached hydrogens (tertiary/aromatic N) is 1. The van der Waals surface area contributed by atoms with Gasteiger partial charge in [-0.1, -0.05) is 55.7 Å². The molecule has 0 radical (unpaired) electrons. The van der Waals surface area contributed by atoms with Crippen LogP contribution < -0.4 is 10.6 Å². The van der Waals surface area contributed by atoms with Crippen LogP contribution in [0.4, 0.5) is 11.5 Å². The Hall–Kier alpha value is -2.88. The summed E-state index contributed by atoms with van der Waals surface area (Å²) < 4.78 is 0. The Bertz CT molecular complexity index is 1040. The van der Waals surface area contributed by atoms with Gasteiger partial charge >= 0.3 is 0 Å². The van der Waals surface area contributed by atoms with Gasteiger partial charge in [0.25, 0.3) is 5.91 Å². The fraction of sp³-hybridized carbons (Fsp3) is 0.360. The highest BCUT2D eigenvalue weighted by Gasteiger charge is 2.24. The molecule has 29 heavy (non-hydrogen) atoms. The summed E-state index contributed by atoms with van der Waals surface area (Å²) in [6.45, 7) is 6.40. The summed E-state index contributed by atoms with van der Waals surface area (Å²) in [5, 5.41) is 7.59. The summed E-state index contributed by atoms with van der Waals surface area (Å²) in [6.07, 6.45) is 4.69. The van der Waals surface area contributed by atoms with E-state index in [0.717, 1.165) is 28.6 Å². The fourth-order valence-corrected chi connectivity index (χ4v) is 4.30. The third kappa shape index (κ3) is 4.26. The van der Waals surface area contributed by atoms with E-state index in [1.54, 1.807) is 0 Å². The van der Waals surface area contributed by atoms with Crippen LogP contribution in [0.15, 0.2) is 48.5 Å². The minimum absolute atomic E-state index is 0.00831. The molecule has 4 nitrogen and oxygen atoms in total. The van der Waals surface area contributed by atoms with Crippen molar-refractivity contribution in [2.75, 3.05) is 5.32 Å². The number of fused-ring (bicyclic) bond motifs is 1. The summed E-state index contributed by atoms with van der Waals surface area (Å²) in [5.41, 5.74) is 4.89. The highest BCUT2D eigenvalue weighted by molar-refractivity contribution is 6.07. The number of carbonyl (C=O) groups is 1. The van der Waals surface area contributed by atoms with Crippen LogP contribution in [0.2, 0.25) is 0 Å². The van der Waals surface area contributed by atoms with Crippen molar-refractivity contribution in [3.8, 4) is 0 Å². The van der Waals surface area contributed by atoms with Gasteiger partial charge in [-0.05, 0) is 56.4 Å². The van der Waals surface area contributed by atoms with Crippen molar-refractivity contribution in [2.45, 2.75) is 52.5 Å². The van der Waals surface area contributed by atoms with Gasteiger partial charge in [0.1, 0.15) is 5.82 Å². The number of anilines is 2. The van der Waals surface area contributed by atoms with Crippen molar-refractivity contribution in [1.29, 1.82) is 0 Å². The average Bonchev–Trinajstić information content (AvgIpc) is 2.71. The quantitative estimate of drug-likeness (QED) is 0.586. The van der Waals surface area contributed by atoms with E-state index >= 15 is 0 Å². The van der Waals surface area contributed by atoms with E-state index in [1.165, 1.54) is 24.8 Å². The molecule has 0 aliphatic heterocycles. The lowest BCUT2D eigenvalue weighted by molar-refractivity contribution is 0.0912. The number of para-hydroxylation sites is 1. The van der Waals surface area contributed by atoms with E-state index in [9.17, 15) is 4.79 Å². The molecule has 2 aromatic carbocycles. The van der Waals surface area contributed by atoms with E-state index in [2.05, 4.69) is 49.6 Å². The molecule has 0 saturated heterocycles. The second kappa shape index (κ2) is 8.24. The summed E-state index contributed by atoms with van der Waals surface area (Å²) in [7, 11) is 0. The first kappa shape index (κ1) is 19.4. The maximum Gasteiger partial charge on any atom is 0.252 e. The molecule has 1 aromatic heterocycles. The molecule has 1 heterocycles. The molecular weight excluding hydrogens is 358 g/mol. The number of hydrogen-bond donors (Lipinski definition) is 2. The second-order valence-corrected chi connectivity index (χ2v) is 8.36. The van der Waals surface area contributed by atoms with Crippen LogP contribution >= 0.6 is 0 Å². The summed E-state index contributed by atoms with van der Waals surface area (Å²) >= 11 is 0. The molecule has 3 aromatic rings. The van der Waals surface area contributed by atoms with E-state index in [4.69, 9.17) is 4.98 Å². The average molecular weight is 388 g/mol. The topological polar surface area (TPSA) is 54.0 Å². The normalized spacial score (nSPS) is 19.1. The molecule has 1 amide bonds. The van der Waals surface area contributed by atoms with Gasteiger partial charge in [-0.2, -0.15) is 0 Å². The molecule has 1 aliphatic carbocycles. The van der Waals surface area contributed by atoms with Crippen LogP contribution in [0, 0.1) is 19.8 Å². The van der Waals surface area contributed by atoms with Crippen LogP contribution in [-0.2, 0) is 0 Å². The van der Waals surface area contributed by atoms with Gasteiger partial charge < -0.3 is 10.6 Å². The minimum atomic E-state index is -0.00831. The first-order valence-electron chi connectivity index (χ1n) is 10.6. The molecule has 0 bridgehead atoms. The van der Waals surface area contributed by atoms with Crippen molar-refractivity contribution in [3.63, 3.8) is 0 Å². The Morgan fingerprint density at radius 3 is 2.62 bits per heavy atom. The number of nitrogens with one attached hydrogen (secondary N) is 2. The molecular formula is C25H29N3O. The molecule has 1 fully saturated rings. The van der Waals surface area contributed by atoms with E-state index in [1.807, 2.05) is 30.3 Å². The van der Waals surface area contributed by atoms with Gasteiger partial charge in [-0.15, -0.1) is 0 Å². The van der Waals surface area contributed by atoms with Crippen LogP contribution in [-0.4, -0.2) is 16.9 Å². The van der Waals surface area contributed by atoms with Gasteiger partial charge in [-0.3, -0.25) is 4.79 Å². The van der Waals surface area contributed by atoms with Crippen molar-refractivity contribution in [3.05, 3.63) is 65.2 Å². The van der Waals surface area contributed by atoms with Crippen molar-refractivity contribution < 1.29 is 4.79 Å². The van der Waals surface area contributed by atoms with Crippen molar-refractivity contribution in [1.82, 2.24) is 10.3 Å². The highest BCUT2D eigenvalue weighted by Crippen LogP contribution is 2.27. The summed E-state index contributed by atoms with van der Waals surface area (Å²) in [4.78, 5) is 18.0. The Morgan fingerprint density at radius 1 is 1.03 bits per heavy atom. The zero-order valence-corrected chi connectivity index (χ0v) is 17.5. The molecule has 4 rings (SSSR count). The zero-order chi connectivity index (χ0) is 20.4. The Labute approximate surface area is 172 Å². The maximum atomic E-state index is 13.2.